The van der Waals surface area contributed by atoms with Gasteiger partial charge in [0.1, 0.15) is 17.7 Å². The van der Waals surface area contributed by atoms with Crippen LogP contribution in [-0.4, -0.2) is 52.9 Å². The van der Waals surface area contributed by atoms with Gasteiger partial charge in [-0.3, -0.25) is 14.5 Å². The van der Waals surface area contributed by atoms with E-state index in [2.05, 4.69) is 0 Å². The van der Waals surface area contributed by atoms with Crippen LogP contribution >= 0.6 is 0 Å². The number of phenols is 1. The number of nitrogens with zero attached hydrogens (tertiary/aromatic N) is 2. The van der Waals surface area contributed by atoms with Crippen LogP contribution in [-0.2, 0) is 16.2 Å². The molecule has 0 aromatic heterocycles. The maximum Gasteiger partial charge on any atom is 0.263 e. The van der Waals surface area contributed by atoms with Gasteiger partial charge >= 0.3 is 0 Å². The van der Waals surface area contributed by atoms with Crippen LogP contribution in [0.4, 0.5) is 8.78 Å². The summed E-state index contributed by atoms with van der Waals surface area (Å²) in [6.45, 7) is 1.42. The molecule has 2 saturated heterocycles. The molecule has 2 fully saturated rings. The number of alkyl halides is 1. The largest absolute Gasteiger partial charge is 0.508 e. The number of aromatic hydroxyl groups is 1. The van der Waals surface area contributed by atoms with Gasteiger partial charge in [-0.15, -0.1) is 0 Å². The van der Waals surface area contributed by atoms with Crippen LogP contribution in [0.1, 0.15) is 29.9 Å². The molecule has 0 bridgehead atoms. The van der Waals surface area contributed by atoms with E-state index in [9.17, 15) is 18.7 Å². The number of halogens is 2. The average Bonchev–Trinajstić information content (AvgIpc) is 2.72. The molecule has 2 aromatic rings. The monoisotopic (exact) mass is 402 g/mol. The van der Waals surface area contributed by atoms with Gasteiger partial charge < -0.3 is 5.11 Å². The van der Waals surface area contributed by atoms with Crippen molar-refractivity contribution in [3.8, 4) is 5.75 Å². The average molecular weight is 402 g/mol. The van der Waals surface area contributed by atoms with E-state index < -0.39 is 12.2 Å². The van der Waals surface area contributed by atoms with Crippen molar-refractivity contribution in [1.29, 1.82) is 0 Å². The van der Waals surface area contributed by atoms with E-state index in [0.29, 0.717) is 26.0 Å². The number of rotatable bonds is 4. The van der Waals surface area contributed by atoms with Gasteiger partial charge in [0, 0.05) is 12.5 Å². The summed E-state index contributed by atoms with van der Waals surface area (Å²) in [7, 11) is 0. The molecule has 29 heavy (non-hydrogen) atoms. The first kappa shape index (κ1) is 19.8. The van der Waals surface area contributed by atoms with Crippen molar-refractivity contribution >= 4 is 5.91 Å². The molecule has 2 aromatic carbocycles. The topological polar surface area (TPSA) is 53.0 Å². The van der Waals surface area contributed by atoms with E-state index >= 15 is 0 Å². The lowest BCUT2D eigenvalue weighted by atomic mass is 9.87. The van der Waals surface area contributed by atoms with Gasteiger partial charge in [-0.1, -0.05) is 24.3 Å². The fourth-order valence-electron chi connectivity index (χ4n) is 4.15. The Morgan fingerprint density at radius 3 is 2.48 bits per heavy atom. The summed E-state index contributed by atoms with van der Waals surface area (Å²) in [6.07, 6.45) is 0.0404. The molecule has 1 N–H and O–H groups in total. The Morgan fingerprint density at radius 1 is 1.07 bits per heavy atom. The highest BCUT2D eigenvalue weighted by molar-refractivity contribution is 5.81. The summed E-state index contributed by atoms with van der Waals surface area (Å²) in [4.78, 5) is 20.4. The smallest absolute Gasteiger partial charge is 0.263 e. The third-order valence-corrected chi connectivity index (χ3v) is 5.74. The van der Waals surface area contributed by atoms with Gasteiger partial charge in [-0.25, -0.2) is 13.8 Å². The number of hydrogen-bond donors (Lipinski definition) is 1. The molecule has 1 amide bonds. The molecule has 7 heteroatoms. The molecule has 0 saturated carbocycles. The first-order chi connectivity index (χ1) is 14.0. The number of carbonyl (C=O) groups excluding carboxylic acids is 1. The minimum absolute atomic E-state index is 0.163. The van der Waals surface area contributed by atoms with Gasteiger partial charge in [-0.05, 0) is 54.8 Å². The molecule has 154 valence electrons. The summed E-state index contributed by atoms with van der Waals surface area (Å²) in [5, 5.41) is 10.7. The minimum Gasteiger partial charge on any atom is -0.508 e. The number of phenolic OH excluding ortho intramolecular Hbond substituents is 1. The van der Waals surface area contributed by atoms with Crippen molar-refractivity contribution in [3.63, 3.8) is 0 Å². The highest BCUT2D eigenvalue weighted by Crippen LogP contribution is 2.33. The molecule has 0 radical (unpaired) electrons. The first-order valence-electron chi connectivity index (χ1n) is 9.87. The number of amides is 1. The number of benzene rings is 2. The summed E-state index contributed by atoms with van der Waals surface area (Å²) in [5.74, 6) is -0.591. The molecular weight excluding hydrogens is 378 g/mol. The lowest BCUT2D eigenvalue weighted by Gasteiger charge is -2.42. The summed E-state index contributed by atoms with van der Waals surface area (Å²) >= 11 is 0. The Hall–Kier alpha value is -2.51. The number of piperidine rings is 1. The van der Waals surface area contributed by atoms with E-state index in [4.69, 9.17) is 4.84 Å². The van der Waals surface area contributed by atoms with Gasteiger partial charge in [-0.2, -0.15) is 0 Å². The lowest BCUT2D eigenvalue weighted by Crippen LogP contribution is -2.56. The molecule has 2 aliphatic heterocycles. The Labute approximate surface area is 168 Å². The summed E-state index contributed by atoms with van der Waals surface area (Å²) < 4.78 is 28.0. The zero-order valence-electron chi connectivity index (χ0n) is 16.0. The second-order valence-corrected chi connectivity index (χ2v) is 7.64. The van der Waals surface area contributed by atoms with Crippen molar-refractivity contribution in [2.75, 3.05) is 19.7 Å². The van der Waals surface area contributed by atoms with Crippen molar-refractivity contribution in [1.82, 2.24) is 9.96 Å². The number of hydrogen-bond acceptors (Lipinski definition) is 4. The first-order valence-corrected chi connectivity index (χ1v) is 9.87. The second kappa shape index (κ2) is 8.47. The molecule has 2 heterocycles. The van der Waals surface area contributed by atoms with E-state index in [1.165, 1.54) is 17.2 Å². The standard InChI is InChI=1S/C22H24F2N2O3/c23-17-5-1-15(2-6-17)13-26-22(28)21(10-12-29-26)25-11-9-19(20(24)14-25)16-3-7-18(27)8-4-16/h1-8,19-21,27H,9-14H2/t19-,20+,21?/m0/s1. The van der Waals surface area contributed by atoms with Gasteiger partial charge in [0.05, 0.1) is 19.2 Å². The van der Waals surface area contributed by atoms with Crippen LogP contribution in [0.15, 0.2) is 48.5 Å². The Kier molecular flexibility index (Phi) is 5.78. The fraction of sp³-hybridized carbons (Fsp3) is 0.409. The van der Waals surface area contributed by atoms with Crippen LogP contribution < -0.4 is 0 Å². The molecule has 1 unspecified atom stereocenters. The van der Waals surface area contributed by atoms with Crippen LogP contribution in [0.25, 0.3) is 0 Å². The van der Waals surface area contributed by atoms with E-state index in [1.807, 2.05) is 4.90 Å². The maximum absolute atomic E-state index is 15.0. The van der Waals surface area contributed by atoms with Gasteiger partial charge in [0.25, 0.3) is 5.91 Å². The van der Waals surface area contributed by atoms with Crippen LogP contribution in [0.2, 0.25) is 0 Å². The Bertz CT molecular complexity index is 844. The van der Waals surface area contributed by atoms with E-state index in [-0.39, 0.29) is 36.5 Å². The minimum atomic E-state index is -1.09. The zero-order valence-corrected chi connectivity index (χ0v) is 16.0. The van der Waals surface area contributed by atoms with Gasteiger partial charge in [0.2, 0.25) is 0 Å². The zero-order chi connectivity index (χ0) is 20.4. The third kappa shape index (κ3) is 4.41. The van der Waals surface area contributed by atoms with Crippen molar-refractivity contribution in [2.45, 2.75) is 37.5 Å². The van der Waals surface area contributed by atoms with E-state index in [0.717, 1.165) is 11.1 Å². The Balaban J connectivity index is 1.40. The predicted molar refractivity (Wildman–Crippen MR) is 103 cm³/mol. The molecular formula is C22H24F2N2O3. The predicted octanol–water partition coefficient (Wildman–Crippen LogP) is 3.39. The Morgan fingerprint density at radius 2 is 1.79 bits per heavy atom. The summed E-state index contributed by atoms with van der Waals surface area (Å²) in [5.41, 5.74) is 1.64. The highest BCUT2D eigenvalue weighted by atomic mass is 19.1. The van der Waals surface area contributed by atoms with Crippen molar-refractivity contribution in [3.05, 3.63) is 65.5 Å². The molecule has 3 atom stereocenters. The summed E-state index contributed by atoms with van der Waals surface area (Å²) in [6, 6.07) is 12.2. The quantitative estimate of drug-likeness (QED) is 0.852. The number of hydroxylamine groups is 2. The third-order valence-electron chi connectivity index (χ3n) is 5.74. The molecule has 4 rings (SSSR count). The van der Waals surface area contributed by atoms with Crippen molar-refractivity contribution in [2.24, 2.45) is 0 Å². The second-order valence-electron chi connectivity index (χ2n) is 7.64. The van der Waals surface area contributed by atoms with Gasteiger partial charge in [0.15, 0.2) is 0 Å². The highest BCUT2D eigenvalue weighted by Gasteiger charge is 2.39. The normalized spacial score (nSPS) is 25.9. The molecule has 0 spiro atoms. The molecule has 2 aliphatic rings. The van der Waals surface area contributed by atoms with Crippen LogP contribution in [0.3, 0.4) is 0 Å². The van der Waals surface area contributed by atoms with Crippen molar-refractivity contribution < 1.29 is 23.5 Å². The number of carbonyl (C=O) groups is 1. The fourth-order valence-corrected chi connectivity index (χ4v) is 4.15. The molecule has 0 aliphatic carbocycles. The molecule has 5 nitrogen and oxygen atoms in total. The van der Waals surface area contributed by atoms with Crippen LogP contribution in [0, 0.1) is 5.82 Å². The maximum atomic E-state index is 15.0. The number of likely N-dealkylation sites (tertiary alicyclic amines) is 1. The lowest BCUT2D eigenvalue weighted by molar-refractivity contribution is -0.212. The van der Waals surface area contributed by atoms with E-state index in [1.54, 1.807) is 36.4 Å². The van der Waals surface area contributed by atoms with Crippen LogP contribution in [0.5, 0.6) is 5.75 Å². The SMILES string of the molecule is O=C1C(N2CC[C@@H](c3ccc(O)cc3)[C@H](F)C2)CCON1Cc1ccc(F)cc1.